The second kappa shape index (κ2) is 8.61. The van der Waals surface area contributed by atoms with Gasteiger partial charge in [0, 0.05) is 19.3 Å². The molecule has 0 spiro atoms. The molecule has 1 saturated heterocycles. The van der Waals surface area contributed by atoms with Crippen LogP contribution in [-0.2, 0) is 14.6 Å². The summed E-state index contributed by atoms with van der Waals surface area (Å²) in [5, 5.41) is 3.30. The Morgan fingerprint density at radius 1 is 1.37 bits per heavy atom. The first-order chi connectivity index (χ1) is 12.5. The quantitative estimate of drug-likeness (QED) is 0.613. The summed E-state index contributed by atoms with van der Waals surface area (Å²) in [6.07, 6.45) is 1.24. The zero-order valence-electron chi connectivity index (χ0n) is 17.4. The fourth-order valence-electron chi connectivity index (χ4n) is 3.03. The molecule has 0 aromatic heterocycles. The molecule has 1 unspecified atom stereocenters. The number of rotatable bonds is 5. The minimum Gasteiger partial charge on any atom is -0.370 e. The topological polar surface area (TPSA) is 71.0 Å². The van der Waals surface area contributed by atoms with Gasteiger partial charge in [-0.05, 0) is 45.7 Å². The lowest BCUT2D eigenvalue weighted by Gasteiger charge is -2.36. The van der Waals surface area contributed by atoms with E-state index in [0.717, 1.165) is 19.0 Å². The fraction of sp³-hybridized carbons (Fsp3) is 0.650. The molecule has 1 heterocycles. The highest BCUT2D eigenvalue weighted by Crippen LogP contribution is 2.26. The summed E-state index contributed by atoms with van der Waals surface area (Å²) in [6.45, 7) is 12.6. The maximum Gasteiger partial charge on any atom is 0.194 e. The molecule has 1 aromatic rings. The number of hydrogen-bond acceptors (Lipinski definition) is 4. The van der Waals surface area contributed by atoms with Crippen LogP contribution in [0.5, 0.6) is 0 Å². The molecule has 1 aliphatic rings. The van der Waals surface area contributed by atoms with E-state index in [9.17, 15) is 8.42 Å². The van der Waals surface area contributed by atoms with Crippen LogP contribution in [0, 0.1) is 13.8 Å². The molecule has 0 radical (unpaired) electrons. The molecule has 1 aliphatic heterocycles. The summed E-state index contributed by atoms with van der Waals surface area (Å²) in [4.78, 5) is 6.80. The van der Waals surface area contributed by atoms with E-state index in [0.29, 0.717) is 13.2 Å². The SMILES string of the molecule is CCNC(=NCC(C)(C)S(C)(=O)=O)N1CCOC(c2ccc(C)cc2C)C1. The molecule has 0 saturated carbocycles. The Morgan fingerprint density at radius 2 is 2.07 bits per heavy atom. The third kappa shape index (κ3) is 5.45. The highest BCUT2D eigenvalue weighted by molar-refractivity contribution is 7.92. The summed E-state index contributed by atoms with van der Waals surface area (Å²) < 4.78 is 29.1. The number of aryl methyl sites for hydroxylation is 2. The summed E-state index contributed by atoms with van der Waals surface area (Å²) in [7, 11) is -3.19. The molecule has 2 rings (SSSR count). The van der Waals surface area contributed by atoms with Crippen molar-refractivity contribution in [1.29, 1.82) is 0 Å². The van der Waals surface area contributed by atoms with Gasteiger partial charge in [-0.15, -0.1) is 0 Å². The van der Waals surface area contributed by atoms with E-state index in [1.807, 2.05) is 6.92 Å². The van der Waals surface area contributed by atoms with Gasteiger partial charge >= 0.3 is 0 Å². The number of nitrogens with one attached hydrogen (secondary N) is 1. The van der Waals surface area contributed by atoms with Crippen LogP contribution in [0.2, 0.25) is 0 Å². The number of nitrogens with zero attached hydrogens (tertiary/aromatic N) is 2. The van der Waals surface area contributed by atoms with Gasteiger partial charge in [-0.3, -0.25) is 4.99 Å². The van der Waals surface area contributed by atoms with E-state index >= 15 is 0 Å². The summed E-state index contributed by atoms with van der Waals surface area (Å²) in [5.41, 5.74) is 3.65. The molecule has 1 N–H and O–H groups in total. The van der Waals surface area contributed by atoms with Crippen molar-refractivity contribution in [2.75, 3.05) is 39.0 Å². The Bertz CT molecular complexity index is 788. The van der Waals surface area contributed by atoms with Crippen LogP contribution in [0.1, 0.15) is 43.6 Å². The van der Waals surface area contributed by atoms with Crippen LogP contribution in [0.15, 0.2) is 23.2 Å². The minimum atomic E-state index is -3.19. The Balaban J connectivity index is 2.20. The van der Waals surface area contributed by atoms with Crippen LogP contribution < -0.4 is 5.32 Å². The van der Waals surface area contributed by atoms with Crippen LogP contribution in [0.3, 0.4) is 0 Å². The molecule has 0 amide bonds. The zero-order valence-corrected chi connectivity index (χ0v) is 18.2. The zero-order chi connectivity index (χ0) is 20.2. The van der Waals surface area contributed by atoms with Gasteiger partial charge in [0.1, 0.15) is 6.10 Å². The van der Waals surface area contributed by atoms with Crippen molar-refractivity contribution in [3.05, 3.63) is 34.9 Å². The predicted molar refractivity (Wildman–Crippen MR) is 111 cm³/mol. The van der Waals surface area contributed by atoms with Crippen molar-refractivity contribution < 1.29 is 13.2 Å². The summed E-state index contributed by atoms with van der Waals surface area (Å²) >= 11 is 0. The van der Waals surface area contributed by atoms with E-state index in [1.54, 1.807) is 13.8 Å². The van der Waals surface area contributed by atoms with Crippen LogP contribution in [-0.4, -0.2) is 63.1 Å². The van der Waals surface area contributed by atoms with E-state index in [2.05, 4.69) is 47.3 Å². The summed E-state index contributed by atoms with van der Waals surface area (Å²) in [6, 6.07) is 6.42. The molecule has 27 heavy (non-hydrogen) atoms. The number of aliphatic imine (C=N–C) groups is 1. The molecular weight excluding hydrogens is 362 g/mol. The van der Waals surface area contributed by atoms with Crippen molar-refractivity contribution in [1.82, 2.24) is 10.2 Å². The second-order valence-corrected chi connectivity index (χ2v) is 10.5. The number of guanidine groups is 1. The second-order valence-electron chi connectivity index (χ2n) is 7.87. The first kappa shape index (κ1) is 21.7. The van der Waals surface area contributed by atoms with Gasteiger partial charge in [0.25, 0.3) is 0 Å². The summed E-state index contributed by atoms with van der Waals surface area (Å²) in [5.74, 6) is 0.743. The van der Waals surface area contributed by atoms with Crippen LogP contribution >= 0.6 is 0 Å². The van der Waals surface area contributed by atoms with Crippen molar-refractivity contribution in [3.8, 4) is 0 Å². The Morgan fingerprint density at radius 3 is 2.67 bits per heavy atom. The number of ether oxygens (including phenoxy) is 1. The maximum atomic E-state index is 12.0. The average molecular weight is 396 g/mol. The van der Waals surface area contributed by atoms with Crippen molar-refractivity contribution in [3.63, 3.8) is 0 Å². The third-order valence-electron chi connectivity index (χ3n) is 5.09. The number of hydrogen-bond donors (Lipinski definition) is 1. The standard InChI is InChI=1S/C20H33N3O3S/c1-7-21-19(22-14-20(4,5)27(6,24)25)23-10-11-26-18(13-23)17-9-8-15(2)12-16(17)3/h8-9,12,18H,7,10-11,13-14H2,1-6H3,(H,21,22). The van der Waals surface area contributed by atoms with E-state index in [1.165, 1.54) is 22.9 Å². The first-order valence-electron chi connectivity index (χ1n) is 9.47. The van der Waals surface area contributed by atoms with E-state index in [4.69, 9.17) is 4.74 Å². The molecule has 0 bridgehead atoms. The minimum absolute atomic E-state index is 0.0221. The molecule has 152 valence electrons. The number of benzene rings is 1. The van der Waals surface area contributed by atoms with Gasteiger partial charge < -0.3 is 15.0 Å². The molecule has 1 fully saturated rings. The number of morpholine rings is 1. The predicted octanol–water partition coefficient (Wildman–Crippen LogP) is 2.47. The van der Waals surface area contributed by atoms with Crippen molar-refractivity contribution in [2.24, 2.45) is 4.99 Å². The first-order valence-corrected chi connectivity index (χ1v) is 11.4. The lowest BCUT2D eigenvalue weighted by Crippen LogP contribution is -2.49. The van der Waals surface area contributed by atoms with Crippen LogP contribution in [0.25, 0.3) is 0 Å². The van der Waals surface area contributed by atoms with Gasteiger partial charge in [0.15, 0.2) is 15.8 Å². The largest absolute Gasteiger partial charge is 0.370 e. The Kier molecular flexibility index (Phi) is 6.92. The van der Waals surface area contributed by atoms with Gasteiger partial charge in [-0.25, -0.2) is 8.42 Å². The van der Waals surface area contributed by atoms with Gasteiger partial charge in [0.05, 0.1) is 24.4 Å². The molecule has 0 aliphatic carbocycles. The lowest BCUT2D eigenvalue weighted by molar-refractivity contribution is -0.00834. The Labute approximate surface area is 163 Å². The third-order valence-corrected chi connectivity index (χ3v) is 7.22. The highest BCUT2D eigenvalue weighted by Gasteiger charge is 2.31. The van der Waals surface area contributed by atoms with E-state index < -0.39 is 14.6 Å². The van der Waals surface area contributed by atoms with Crippen molar-refractivity contribution >= 4 is 15.8 Å². The van der Waals surface area contributed by atoms with Gasteiger partial charge in [-0.2, -0.15) is 0 Å². The molecule has 1 atom stereocenters. The van der Waals surface area contributed by atoms with Gasteiger partial charge in [0.2, 0.25) is 0 Å². The molecular formula is C20H33N3O3S. The van der Waals surface area contributed by atoms with Crippen LogP contribution in [0.4, 0.5) is 0 Å². The van der Waals surface area contributed by atoms with E-state index in [-0.39, 0.29) is 12.6 Å². The normalized spacial score (nSPS) is 19.3. The monoisotopic (exact) mass is 395 g/mol. The smallest absolute Gasteiger partial charge is 0.194 e. The van der Waals surface area contributed by atoms with Gasteiger partial charge in [-0.1, -0.05) is 23.8 Å². The Hall–Kier alpha value is -1.60. The van der Waals surface area contributed by atoms with Crippen molar-refractivity contribution in [2.45, 2.75) is 45.5 Å². The maximum absolute atomic E-state index is 12.0. The highest BCUT2D eigenvalue weighted by atomic mass is 32.2. The lowest BCUT2D eigenvalue weighted by atomic mass is 10.00. The average Bonchev–Trinajstić information content (AvgIpc) is 2.57. The number of sulfone groups is 1. The molecule has 1 aromatic carbocycles. The molecule has 6 nitrogen and oxygen atoms in total. The molecule has 7 heteroatoms. The fourth-order valence-corrected chi connectivity index (χ4v) is 3.32.